The Hall–Kier alpha value is -4.10. The first kappa shape index (κ1) is 25.0. The molecule has 0 unspecified atom stereocenters. The van der Waals surface area contributed by atoms with E-state index in [-0.39, 0.29) is 5.91 Å². The third kappa shape index (κ3) is 6.52. The number of halogens is 1. The fraction of sp³-hybridized carbons (Fsp3) is 0.179. The molecule has 0 saturated heterocycles. The molecule has 36 heavy (non-hydrogen) atoms. The molecule has 1 heterocycles. The van der Waals surface area contributed by atoms with Crippen molar-refractivity contribution in [2.24, 2.45) is 5.10 Å². The van der Waals surface area contributed by atoms with E-state index in [0.717, 1.165) is 34.7 Å². The van der Waals surface area contributed by atoms with E-state index in [1.807, 2.05) is 60.8 Å². The Balaban J connectivity index is 1.51. The van der Waals surface area contributed by atoms with Crippen LogP contribution in [0.15, 0.2) is 90.2 Å². The van der Waals surface area contributed by atoms with Gasteiger partial charge in [0.25, 0.3) is 5.91 Å². The Morgan fingerprint density at radius 1 is 1.06 bits per heavy atom. The number of carbonyl (C=O) groups is 1. The maximum Gasteiger partial charge on any atom is 0.280 e. The molecule has 1 aromatic heterocycles. The van der Waals surface area contributed by atoms with Gasteiger partial charge in [-0.2, -0.15) is 10.2 Å². The Morgan fingerprint density at radius 2 is 1.75 bits per heavy atom. The van der Waals surface area contributed by atoms with Crippen molar-refractivity contribution >= 4 is 23.7 Å². The van der Waals surface area contributed by atoms with Crippen LogP contribution in [0.5, 0.6) is 11.5 Å². The van der Waals surface area contributed by atoms with Crippen molar-refractivity contribution in [3.63, 3.8) is 0 Å². The lowest BCUT2D eigenvalue weighted by Gasteiger charge is -2.12. The largest absolute Gasteiger partial charge is 0.494 e. The van der Waals surface area contributed by atoms with Crippen LogP contribution >= 0.6 is 11.6 Å². The van der Waals surface area contributed by atoms with Crippen LogP contribution in [0, 0.1) is 0 Å². The van der Waals surface area contributed by atoms with Crippen LogP contribution < -0.4 is 14.9 Å². The van der Waals surface area contributed by atoms with Crippen LogP contribution in [0.2, 0.25) is 5.02 Å². The van der Waals surface area contributed by atoms with Gasteiger partial charge in [0.2, 0.25) is 0 Å². The minimum absolute atomic E-state index is 0.379. The maximum atomic E-state index is 12.5. The van der Waals surface area contributed by atoms with E-state index < -0.39 is 6.10 Å². The van der Waals surface area contributed by atoms with E-state index in [0.29, 0.717) is 17.4 Å². The molecule has 1 N–H and O–H groups in total. The molecular weight excluding hydrogens is 476 g/mol. The SMILES string of the molecule is CCCOc1ccc(-c2nn(-c3ccccc3)cc2/C=N\NC(=O)[C@@H](C)Oc2ccc(Cl)cc2)cc1. The van der Waals surface area contributed by atoms with Gasteiger partial charge in [-0.25, -0.2) is 10.1 Å². The number of carbonyl (C=O) groups excluding carboxylic acids is 1. The van der Waals surface area contributed by atoms with Gasteiger partial charge >= 0.3 is 0 Å². The normalized spacial score (nSPS) is 11.9. The zero-order chi connectivity index (χ0) is 25.3. The maximum absolute atomic E-state index is 12.5. The Morgan fingerprint density at radius 3 is 2.44 bits per heavy atom. The number of rotatable bonds is 10. The van der Waals surface area contributed by atoms with Crippen LogP contribution in [0.1, 0.15) is 25.8 Å². The predicted molar refractivity (Wildman–Crippen MR) is 142 cm³/mol. The number of hydrogen-bond donors (Lipinski definition) is 1. The number of ether oxygens (including phenoxy) is 2. The van der Waals surface area contributed by atoms with Crippen molar-refractivity contribution in [1.82, 2.24) is 15.2 Å². The fourth-order valence-corrected chi connectivity index (χ4v) is 3.50. The summed E-state index contributed by atoms with van der Waals surface area (Å²) in [5.74, 6) is 0.972. The highest BCUT2D eigenvalue weighted by Crippen LogP contribution is 2.25. The molecule has 7 nitrogen and oxygen atoms in total. The number of hydrogen-bond acceptors (Lipinski definition) is 5. The second kappa shape index (κ2) is 12.0. The third-order valence-corrected chi connectivity index (χ3v) is 5.49. The lowest BCUT2D eigenvalue weighted by molar-refractivity contribution is -0.127. The summed E-state index contributed by atoms with van der Waals surface area (Å²) in [5.41, 5.74) is 5.83. The summed E-state index contributed by atoms with van der Waals surface area (Å²) < 4.78 is 13.1. The van der Waals surface area contributed by atoms with E-state index >= 15 is 0 Å². The highest BCUT2D eigenvalue weighted by Gasteiger charge is 2.15. The summed E-state index contributed by atoms with van der Waals surface area (Å²) in [6.07, 6.45) is 3.65. The monoisotopic (exact) mass is 502 g/mol. The molecule has 0 aliphatic heterocycles. The Kier molecular flexibility index (Phi) is 8.36. The first-order valence-electron chi connectivity index (χ1n) is 11.7. The molecule has 0 saturated carbocycles. The molecule has 0 fully saturated rings. The van der Waals surface area contributed by atoms with Crippen molar-refractivity contribution < 1.29 is 14.3 Å². The van der Waals surface area contributed by atoms with Gasteiger partial charge in [-0.15, -0.1) is 0 Å². The van der Waals surface area contributed by atoms with E-state index in [2.05, 4.69) is 17.5 Å². The van der Waals surface area contributed by atoms with Crippen molar-refractivity contribution in [2.75, 3.05) is 6.61 Å². The number of nitrogens with one attached hydrogen (secondary N) is 1. The van der Waals surface area contributed by atoms with E-state index in [1.165, 1.54) is 0 Å². The topological polar surface area (TPSA) is 77.7 Å². The molecule has 184 valence electrons. The number of para-hydroxylation sites is 1. The molecule has 0 bridgehead atoms. The summed E-state index contributed by atoms with van der Waals surface area (Å²) in [6.45, 7) is 4.39. The molecule has 1 atom stereocenters. The van der Waals surface area contributed by atoms with Crippen molar-refractivity contribution in [1.29, 1.82) is 0 Å². The Labute approximate surface area is 215 Å². The summed E-state index contributed by atoms with van der Waals surface area (Å²) in [5, 5.41) is 9.54. The van der Waals surface area contributed by atoms with Crippen molar-refractivity contribution in [3.05, 3.63) is 95.6 Å². The molecule has 0 aliphatic carbocycles. The molecule has 4 aromatic rings. The zero-order valence-corrected chi connectivity index (χ0v) is 20.9. The average molecular weight is 503 g/mol. The van der Waals surface area contributed by atoms with Crippen molar-refractivity contribution in [3.8, 4) is 28.4 Å². The standard InChI is InChI=1S/C28H27ClN4O3/c1-3-17-35-25-13-9-21(10-14-25)27-22(19-33(32-27)24-7-5-4-6-8-24)18-30-31-28(34)20(2)36-26-15-11-23(29)12-16-26/h4-16,18-20H,3,17H2,1-2H3,(H,31,34)/b30-18-/t20-/m1/s1. The van der Waals surface area contributed by atoms with Crippen LogP contribution in [0.25, 0.3) is 16.9 Å². The van der Waals surface area contributed by atoms with Gasteiger partial charge in [-0.1, -0.05) is 36.7 Å². The lowest BCUT2D eigenvalue weighted by Crippen LogP contribution is -2.33. The van der Waals surface area contributed by atoms with E-state index in [4.69, 9.17) is 26.2 Å². The Bertz CT molecular complexity index is 1300. The van der Waals surface area contributed by atoms with Gasteiger partial charge in [-0.05, 0) is 74.0 Å². The number of hydrazone groups is 1. The fourth-order valence-electron chi connectivity index (χ4n) is 3.38. The smallest absolute Gasteiger partial charge is 0.280 e. The number of benzene rings is 3. The number of nitrogens with zero attached hydrogens (tertiary/aromatic N) is 3. The molecule has 4 rings (SSSR count). The van der Waals surface area contributed by atoms with E-state index in [1.54, 1.807) is 42.1 Å². The second-order valence-electron chi connectivity index (χ2n) is 8.03. The van der Waals surface area contributed by atoms with Gasteiger partial charge in [0.05, 0.1) is 18.5 Å². The first-order valence-corrected chi connectivity index (χ1v) is 12.0. The molecule has 1 amide bonds. The summed E-state index contributed by atoms with van der Waals surface area (Å²) in [7, 11) is 0. The average Bonchev–Trinajstić information content (AvgIpc) is 3.33. The van der Waals surface area contributed by atoms with Gasteiger partial charge in [0.1, 0.15) is 17.2 Å². The predicted octanol–water partition coefficient (Wildman–Crippen LogP) is 5.90. The van der Waals surface area contributed by atoms with Gasteiger partial charge in [0.15, 0.2) is 6.10 Å². The van der Waals surface area contributed by atoms with Gasteiger partial charge in [0, 0.05) is 22.3 Å². The van der Waals surface area contributed by atoms with Gasteiger partial charge < -0.3 is 9.47 Å². The molecule has 0 radical (unpaired) electrons. The lowest BCUT2D eigenvalue weighted by atomic mass is 10.1. The minimum Gasteiger partial charge on any atom is -0.494 e. The quantitative estimate of drug-likeness (QED) is 0.216. The van der Waals surface area contributed by atoms with Crippen LogP contribution in [0.4, 0.5) is 0 Å². The summed E-state index contributed by atoms with van der Waals surface area (Å²) in [4.78, 5) is 12.5. The van der Waals surface area contributed by atoms with E-state index in [9.17, 15) is 4.79 Å². The summed E-state index contributed by atoms with van der Waals surface area (Å²) in [6, 6.07) is 24.4. The van der Waals surface area contributed by atoms with Gasteiger partial charge in [-0.3, -0.25) is 4.79 Å². The zero-order valence-electron chi connectivity index (χ0n) is 20.1. The van der Waals surface area contributed by atoms with Crippen LogP contribution in [-0.4, -0.2) is 34.6 Å². The molecule has 8 heteroatoms. The number of aromatic nitrogens is 2. The highest BCUT2D eigenvalue weighted by molar-refractivity contribution is 6.30. The van der Waals surface area contributed by atoms with Crippen LogP contribution in [0.3, 0.4) is 0 Å². The summed E-state index contributed by atoms with van der Waals surface area (Å²) >= 11 is 5.90. The highest BCUT2D eigenvalue weighted by atomic mass is 35.5. The molecular formula is C28H27ClN4O3. The minimum atomic E-state index is -0.745. The third-order valence-electron chi connectivity index (χ3n) is 5.24. The number of amides is 1. The van der Waals surface area contributed by atoms with Crippen LogP contribution in [-0.2, 0) is 4.79 Å². The van der Waals surface area contributed by atoms with Crippen molar-refractivity contribution in [2.45, 2.75) is 26.4 Å². The second-order valence-corrected chi connectivity index (χ2v) is 8.47. The first-order chi connectivity index (χ1) is 17.5. The molecule has 3 aromatic carbocycles. The molecule has 0 aliphatic rings. The molecule has 0 spiro atoms.